The van der Waals surface area contributed by atoms with Gasteiger partial charge >= 0.3 is 0 Å². The van der Waals surface area contributed by atoms with Gasteiger partial charge in [0.15, 0.2) is 0 Å². The molecule has 0 nitrogen and oxygen atoms in total. The molecule has 0 aromatic heterocycles. The minimum absolute atomic E-state index is 0.187. The van der Waals surface area contributed by atoms with Crippen LogP contribution in [0.3, 0.4) is 0 Å². The van der Waals surface area contributed by atoms with E-state index < -0.39 is 5.67 Å². The van der Waals surface area contributed by atoms with Gasteiger partial charge in [-0.15, -0.1) is 0 Å². The molecule has 0 saturated carbocycles. The molecule has 0 spiro atoms. The van der Waals surface area contributed by atoms with Gasteiger partial charge in [0.1, 0.15) is 5.67 Å². The Morgan fingerprint density at radius 1 is 0.938 bits per heavy atom. The van der Waals surface area contributed by atoms with Crippen molar-refractivity contribution in [2.45, 2.75) is 71.9 Å². The lowest BCUT2D eigenvalue weighted by atomic mass is 9.86. The van der Waals surface area contributed by atoms with Crippen molar-refractivity contribution in [1.82, 2.24) is 0 Å². The molecule has 2 aromatic carbocycles. The van der Waals surface area contributed by atoms with Crippen LogP contribution in [0.4, 0.5) is 4.39 Å². The summed E-state index contributed by atoms with van der Waals surface area (Å²) in [6.07, 6.45) is 7.78. The highest BCUT2D eigenvalue weighted by molar-refractivity contribution is 5.80. The zero-order valence-corrected chi connectivity index (χ0v) is 20.7. The van der Waals surface area contributed by atoms with Crippen molar-refractivity contribution < 1.29 is 4.39 Å². The van der Waals surface area contributed by atoms with E-state index >= 15 is 0 Å². The predicted octanol–water partition coefficient (Wildman–Crippen LogP) is 9.67. The molecule has 0 fully saturated rings. The Bertz CT molecular complexity index is 959. The molecule has 0 saturated heterocycles. The Morgan fingerprint density at radius 3 is 1.88 bits per heavy atom. The fourth-order valence-corrected chi connectivity index (χ4v) is 4.29. The van der Waals surface area contributed by atoms with Crippen LogP contribution in [-0.4, -0.2) is 5.67 Å². The smallest absolute Gasteiger partial charge is 0.131 e. The molecule has 1 atom stereocenters. The van der Waals surface area contributed by atoms with E-state index in [9.17, 15) is 4.39 Å². The van der Waals surface area contributed by atoms with E-state index in [-0.39, 0.29) is 5.92 Å². The average molecular weight is 431 g/mol. The second kappa shape index (κ2) is 11.3. The largest absolute Gasteiger partial charge is 0.239 e. The highest BCUT2D eigenvalue weighted by Gasteiger charge is 2.23. The lowest BCUT2D eigenvalue weighted by Gasteiger charge is -2.21. The first-order valence-electron chi connectivity index (χ1n) is 11.8. The third kappa shape index (κ3) is 5.97. The second-order valence-electron chi connectivity index (χ2n) is 9.01. The lowest BCUT2D eigenvalue weighted by Crippen LogP contribution is -2.16. The quantitative estimate of drug-likeness (QED) is 0.329. The predicted molar refractivity (Wildman–Crippen MR) is 141 cm³/mol. The molecular weight excluding hydrogens is 391 g/mol. The van der Waals surface area contributed by atoms with Crippen LogP contribution in [0, 0.1) is 0 Å². The van der Waals surface area contributed by atoms with Crippen molar-refractivity contribution >= 4 is 11.1 Å². The normalized spacial score (nSPS) is 13.9. The number of benzene rings is 2. The zero-order valence-electron chi connectivity index (χ0n) is 20.7. The molecule has 0 heterocycles. The van der Waals surface area contributed by atoms with Crippen LogP contribution in [0.1, 0.15) is 88.5 Å². The third-order valence-electron chi connectivity index (χ3n) is 6.45. The Hall–Kier alpha value is -2.67. The molecule has 0 amide bonds. The van der Waals surface area contributed by atoms with Gasteiger partial charge in [-0.05, 0) is 78.5 Å². The van der Waals surface area contributed by atoms with Crippen molar-refractivity contribution in [2.75, 3.05) is 0 Å². The summed E-state index contributed by atoms with van der Waals surface area (Å²) >= 11 is 0. The maximum absolute atomic E-state index is 14.8. The topological polar surface area (TPSA) is 0 Å². The molecule has 1 unspecified atom stereocenters. The molecular formula is C31H39F. The van der Waals surface area contributed by atoms with Gasteiger partial charge in [0.2, 0.25) is 0 Å². The van der Waals surface area contributed by atoms with E-state index in [1.54, 1.807) is 19.9 Å². The molecule has 2 aromatic rings. The van der Waals surface area contributed by atoms with Crippen LogP contribution in [0.25, 0.3) is 11.1 Å². The molecule has 0 bridgehead atoms. The van der Waals surface area contributed by atoms with Crippen molar-refractivity contribution in [3.8, 4) is 0 Å². The molecule has 0 aliphatic heterocycles. The van der Waals surface area contributed by atoms with Crippen LogP contribution >= 0.6 is 0 Å². The van der Waals surface area contributed by atoms with Crippen molar-refractivity contribution in [3.63, 3.8) is 0 Å². The highest BCUT2D eigenvalue weighted by Crippen LogP contribution is 2.35. The molecule has 1 heteroatoms. The summed E-state index contributed by atoms with van der Waals surface area (Å²) in [7, 11) is 0. The first kappa shape index (κ1) is 25.6. The minimum Gasteiger partial charge on any atom is -0.239 e. The van der Waals surface area contributed by atoms with Gasteiger partial charge in [-0.2, -0.15) is 0 Å². The van der Waals surface area contributed by atoms with Crippen molar-refractivity contribution in [2.24, 2.45) is 0 Å². The Kier molecular flexibility index (Phi) is 9.01. The number of halogens is 1. The molecule has 32 heavy (non-hydrogen) atoms. The fourth-order valence-electron chi connectivity index (χ4n) is 4.29. The number of hydrogen-bond donors (Lipinski definition) is 0. The van der Waals surface area contributed by atoms with Crippen LogP contribution in [0.15, 0.2) is 85.5 Å². The Balaban J connectivity index is 2.30. The van der Waals surface area contributed by atoms with Gasteiger partial charge in [0.05, 0.1) is 0 Å². The number of alkyl halides is 1. The summed E-state index contributed by atoms with van der Waals surface area (Å²) in [5, 5.41) is 0. The Labute approximate surface area is 195 Å². The highest BCUT2D eigenvalue weighted by atomic mass is 19.1. The maximum atomic E-state index is 14.8. The summed E-state index contributed by atoms with van der Waals surface area (Å²) in [6, 6.07) is 17.2. The number of allylic oxidation sites excluding steroid dienone is 6. The van der Waals surface area contributed by atoms with E-state index in [1.807, 2.05) is 19.1 Å². The average Bonchev–Trinajstić information content (AvgIpc) is 2.79. The van der Waals surface area contributed by atoms with Gasteiger partial charge < -0.3 is 0 Å². The van der Waals surface area contributed by atoms with E-state index in [2.05, 4.69) is 82.5 Å². The van der Waals surface area contributed by atoms with Gasteiger partial charge in [0, 0.05) is 5.92 Å². The van der Waals surface area contributed by atoms with Crippen LogP contribution < -0.4 is 0 Å². The van der Waals surface area contributed by atoms with Gasteiger partial charge in [-0.1, -0.05) is 101 Å². The van der Waals surface area contributed by atoms with E-state index in [0.29, 0.717) is 11.5 Å². The molecule has 0 aliphatic carbocycles. The molecule has 2 rings (SSSR count). The summed E-state index contributed by atoms with van der Waals surface area (Å²) in [5.41, 5.74) is 5.86. The third-order valence-corrected chi connectivity index (χ3v) is 6.45. The first-order chi connectivity index (χ1) is 15.2. The van der Waals surface area contributed by atoms with Gasteiger partial charge in [0.25, 0.3) is 0 Å². The van der Waals surface area contributed by atoms with E-state index in [4.69, 9.17) is 0 Å². The molecule has 0 aliphatic rings. The monoisotopic (exact) mass is 430 g/mol. The SMILES string of the molecule is C=C/C(=C(\C=C/C)C(C)(C)F)c1ccc(C(C)C(=C)c2ccc(C(CC)CC)cc2)cc1. The summed E-state index contributed by atoms with van der Waals surface area (Å²) in [4.78, 5) is 0. The first-order valence-corrected chi connectivity index (χ1v) is 11.8. The van der Waals surface area contributed by atoms with E-state index in [1.165, 1.54) is 16.7 Å². The van der Waals surface area contributed by atoms with Gasteiger partial charge in [-0.25, -0.2) is 4.39 Å². The standard InChI is InChI=1S/C31H39F/c1-9-13-30(31(7,8)32)29(12-4)28-20-16-26(17-21-28)23(6)22(5)25-14-18-27(19-15-25)24(10-2)11-3/h9,12-21,23-24H,4-5,10-11H2,1-3,6-8H3/b13-9-,30-29-. The Morgan fingerprint density at radius 2 is 1.44 bits per heavy atom. The van der Waals surface area contributed by atoms with Crippen LogP contribution in [0.2, 0.25) is 0 Å². The second-order valence-corrected chi connectivity index (χ2v) is 9.01. The van der Waals surface area contributed by atoms with Gasteiger partial charge in [-0.3, -0.25) is 0 Å². The van der Waals surface area contributed by atoms with E-state index in [0.717, 1.165) is 29.6 Å². The van der Waals surface area contributed by atoms with Crippen molar-refractivity contribution in [1.29, 1.82) is 0 Å². The maximum Gasteiger partial charge on any atom is 0.131 e. The molecule has 0 radical (unpaired) electrons. The lowest BCUT2D eigenvalue weighted by molar-refractivity contribution is 0.275. The van der Waals surface area contributed by atoms with Crippen molar-refractivity contribution in [3.05, 3.63) is 108 Å². The molecule has 0 N–H and O–H groups in total. The summed E-state index contributed by atoms with van der Waals surface area (Å²) in [6.45, 7) is 20.1. The minimum atomic E-state index is -1.45. The van der Waals surface area contributed by atoms with Crippen LogP contribution in [-0.2, 0) is 0 Å². The fraction of sp³-hybridized carbons (Fsp3) is 0.355. The zero-order chi connectivity index (χ0) is 23.9. The summed E-state index contributed by atoms with van der Waals surface area (Å²) < 4.78 is 14.8. The van der Waals surface area contributed by atoms with Crippen LogP contribution in [0.5, 0.6) is 0 Å². The molecule has 170 valence electrons. The summed E-state index contributed by atoms with van der Waals surface area (Å²) in [5.74, 6) is 0.808. The number of rotatable bonds is 10. The number of hydrogen-bond acceptors (Lipinski definition) is 0.